The van der Waals surface area contributed by atoms with Crippen molar-refractivity contribution in [3.8, 4) is 11.5 Å². The molecule has 1 aromatic rings. The summed E-state index contributed by atoms with van der Waals surface area (Å²) in [5.74, 6) is 0.362. The van der Waals surface area contributed by atoms with Crippen molar-refractivity contribution in [3.05, 3.63) is 23.8 Å². The van der Waals surface area contributed by atoms with E-state index in [1.165, 1.54) is 14.0 Å². The predicted octanol–water partition coefficient (Wildman–Crippen LogP) is 1.40. The fourth-order valence-corrected chi connectivity index (χ4v) is 1.70. The molecule has 0 unspecified atom stereocenters. The Labute approximate surface area is 104 Å². The minimum atomic E-state index is -0.442. The minimum absolute atomic E-state index is 0.210. The number of nitrogens with one attached hydrogen (secondary N) is 1. The summed E-state index contributed by atoms with van der Waals surface area (Å²) < 4.78 is 14.9. The maximum absolute atomic E-state index is 11.0. The van der Waals surface area contributed by atoms with Crippen molar-refractivity contribution >= 4 is 12.1 Å². The zero-order valence-corrected chi connectivity index (χ0v) is 10.1. The topological polar surface area (TPSA) is 73.9 Å². The second-order valence-electron chi connectivity index (χ2n) is 3.80. The second kappa shape index (κ2) is 4.95. The van der Waals surface area contributed by atoms with Gasteiger partial charge in [-0.05, 0) is 17.7 Å². The van der Waals surface area contributed by atoms with Crippen LogP contribution in [-0.4, -0.2) is 25.8 Å². The average Bonchev–Trinajstić information content (AvgIpc) is 2.75. The third-order valence-corrected chi connectivity index (χ3v) is 2.52. The number of carbonyl (C=O) groups is 2. The Morgan fingerprint density at radius 2 is 2.22 bits per heavy atom. The minimum Gasteiger partial charge on any atom is -0.493 e. The van der Waals surface area contributed by atoms with E-state index in [2.05, 4.69) is 5.32 Å². The molecule has 18 heavy (non-hydrogen) atoms. The molecule has 0 aromatic heterocycles. The number of methoxy groups -OCH3 is 1. The van der Waals surface area contributed by atoms with Crippen molar-refractivity contribution in [1.29, 1.82) is 0 Å². The molecule has 6 nitrogen and oxygen atoms in total. The van der Waals surface area contributed by atoms with Crippen molar-refractivity contribution < 1.29 is 23.8 Å². The van der Waals surface area contributed by atoms with Crippen LogP contribution in [0.2, 0.25) is 0 Å². The molecule has 1 heterocycles. The van der Waals surface area contributed by atoms with Crippen molar-refractivity contribution in [1.82, 2.24) is 5.32 Å². The van der Waals surface area contributed by atoms with E-state index in [-0.39, 0.29) is 12.6 Å². The summed E-state index contributed by atoms with van der Waals surface area (Å²) in [5.41, 5.74) is 0.827. The Morgan fingerprint density at radius 3 is 2.78 bits per heavy atom. The largest absolute Gasteiger partial charge is 0.493 e. The molecule has 0 aliphatic carbocycles. The van der Waals surface area contributed by atoms with Crippen LogP contribution in [0.15, 0.2) is 18.2 Å². The summed E-state index contributed by atoms with van der Waals surface area (Å²) in [6, 6.07) is 4.87. The maximum Gasteiger partial charge on any atom is 0.407 e. The van der Waals surface area contributed by atoms with Gasteiger partial charge in [-0.1, -0.05) is 6.07 Å². The first kappa shape index (κ1) is 12.2. The SMILES string of the molecule is COc1cc([C@@H]2COC(=O)N2)ccc1OC(C)=O. The third kappa shape index (κ3) is 2.53. The number of alkyl carbamates (subject to hydrolysis) is 1. The fraction of sp³-hybridized carbons (Fsp3) is 0.333. The van der Waals surface area contributed by atoms with Gasteiger partial charge in [0.25, 0.3) is 0 Å². The molecule has 1 aliphatic heterocycles. The van der Waals surface area contributed by atoms with E-state index in [1.807, 2.05) is 0 Å². The third-order valence-electron chi connectivity index (χ3n) is 2.52. The summed E-state index contributed by atoms with van der Waals surface area (Å²) in [6.45, 7) is 1.59. The molecule has 0 saturated carbocycles. The molecule has 1 saturated heterocycles. The molecular weight excluding hydrogens is 238 g/mol. The lowest BCUT2D eigenvalue weighted by Gasteiger charge is -2.12. The van der Waals surface area contributed by atoms with Crippen molar-refractivity contribution in [3.63, 3.8) is 0 Å². The molecule has 1 N–H and O–H groups in total. The smallest absolute Gasteiger partial charge is 0.407 e. The Kier molecular flexibility index (Phi) is 3.36. The highest BCUT2D eigenvalue weighted by atomic mass is 16.6. The van der Waals surface area contributed by atoms with Crippen molar-refractivity contribution in [2.24, 2.45) is 0 Å². The molecule has 1 fully saturated rings. The van der Waals surface area contributed by atoms with Gasteiger partial charge in [-0.3, -0.25) is 4.79 Å². The highest BCUT2D eigenvalue weighted by Gasteiger charge is 2.24. The van der Waals surface area contributed by atoms with Gasteiger partial charge >= 0.3 is 12.1 Å². The molecule has 1 amide bonds. The molecule has 0 radical (unpaired) electrons. The number of benzene rings is 1. The van der Waals surface area contributed by atoms with E-state index in [4.69, 9.17) is 14.2 Å². The van der Waals surface area contributed by atoms with Crippen molar-refractivity contribution in [2.75, 3.05) is 13.7 Å². The van der Waals surface area contributed by atoms with Gasteiger partial charge in [0.1, 0.15) is 6.61 Å². The van der Waals surface area contributed by atoms with Crippen molar-refractivity contribution in [2.45, 2.75) is 13.0 Å². The molecular formula is C12H13NO5. The lowest BCUT2D eigenvalue weighted by Crippen LogP contribution is -2.18. The van der Waals surface area contributed by atoms with Crippen LogP contribution >= 0.6 is 0 Å². The number of carbonyl (C=O) groups excluding carboxylic acids is 2. The summed E-state index contributed by atoms with van der Waals surface area (Å²) in [6.07, 6.45) is -0.442. The molecule has 1 aromatic carbocycles. The first-order valence-corrected chi connectivity index (χ1v) is 5.40. The van der Waals surface area contributed by atoms with Crippen LogP contribution in [0.1, 0.15) is 18.5 Å². The molecule has 0 bridgehead atoms. The average molecular weight is 251 g/mol. The van der Waals surface area contributed by atoms with Gasteiger partial charge in [0.15, 0.2) is 11.5 Å². The number of rotatable bonds is 3. The molecule has 1 aliphatic rings. The summed E-state index contributed by atoms with van der Waals surface area (Å²) in [5, 5.41) is 2.66. The molecule has 6 heteroatoms. The van der Waals surface area contributed by atoms with Crippen LogP contribution in [-0.2, 0) is 9.53 Å². The van der Waals surface area contributed by atoms with Gasteiger partial charge in [-0.15, -0.1) is 0 Å². The quantitative estimate of drug-likeness (QED) is 0.649. The first-order chi connectivity index (χ1) is 8.60. The van der Waals surface area contributed by atoms with E-state index in [9.17, 15) is 9.59 Å². The lowest BCUT2D eigenvalue weighted by molar-refractivity contribution is -0.132. The molecule has 2 rings (SSSR count). The van der Waals surface area contributed by atoms with Crippen LogP contribution in [0.25, 0.3) is 0 Å². The van der Waals surface area contributed by atoms with E-state index in [0.29, 0.717) is 11.5 Å². The Morgan fingerprint density at radius 1 is 1.44 bits per heavy atom. The van der Waals surface area contributed by atoms with Gasteiger partial charge in [0.05, 0.1) is 13.2 Å². The van der Waals surface area contributed by atoms with Gasteiger partial charge in [0.2, 0.25) is 0 Å². The van der Waals surface area contributed by atoms with Crippen LogP contribution in [0.5, 0.6) is 11.5 Å². The second-order valence-corrected chi connectivity index (χ2v) is 3.80. The Hall–Kier alpha value is -2.24. The lowest BCUT2D eigenvalue weighted by atomic mass is 10.1. The van der Waals surface area contributed by atoms with Gasteiger partial charge in [-0.2, -0.15) is 0 Å². The van der Waals surface area contributed by atoms with Gasteiger partial charge < -0.3 is 19.5 Å². The number of hydrogen-bond acceptors (Lipinski definition) is 5. The van der Waals surface area contributed by atoms with E-state index in [1.54, 1.807) is 18.2 Å². The van der Waals surface area contributed by atoms with Gasteiger partial charge in [0, 0.05) is 6.92 Å². The molecule has 0 spiro atoms. The number of cyclic esters (lactones) is 1. The van der Waals surface area contributed by atoms with Gasteiger partial charge in [-0.25, -0.2) is 4.79 Å². The standard InChI is InChI=1S/C12H13NO5/c1-7(14)18-10-4-3-8(5-11(10)16-2)9-6-17-12(15)13-9/h3-5,9H,6H2,1-2H3,(H,13,15)/t9-/m0/s1. The molecule has 96 valence electrons. The molecule has 1 atom stereocenters. The van der Waals surface area contributed by atoms with E-state index >= 15 is 0 Å². The zero-order valence-electron chi connectivity index (χ0n) is 10.1. The number of esters is 1. The predicted molar refractivity (Wildman–Crippen MR) is 61.5 cm³/mol. The maximum atomic E-state index is 11.0. The zero-order chi connectivity index (χ0) is 13.1. The highest BCUT2D eigenvalue weighted by Crippen LogP contribution is 2.31. The number of amides is 1. The fourth-order valence-electron chi connectivity index (χ4n) is 1.70. The Bertz CT molecular complexity index is 485. The van der Waals surface area contributed by atoms with Crippen LogP contribution in [0, 0.1) is 0 Å². The summed E-state index contributed by atoms with van der Waals surface area (Å²) in [7, 11) is 1.48. The van der Waals surface area contributed by atoms with Crippen LogP contribution in [0.4, 0.5) is 4.79 Å². The monoisotopic (exact) mass is 251 g/mol. The summed E-state index contributed by atoms with van der Waals surface area (Å²) >= 11 is 0. The summed E-state index contributed by atoms with van der Waals surface area (Å²) in [4.78, 5) is 21.9. The normalized spacial score (nSPS) is 17.9. The Balaban J connectivity index is 2.24. The highest BCUT2D eigenvalue weighted by molar-refractivity contribution is 5.71. The van der Waals surface area contributed by atoms with E-state index < -0.39 is 12.1 Å². The van der Waals surface area contributed by atoms with E-state index in [0.717, 1.165) is 5.56 Å². The van der Waals surface area contributed by atoms with Crippen LogP contribution < -0.4 is 14.8 Å². The van der Waals surface area contributed by atoms with Crippen LogP contribution in [0.3, 0.4) is 0 Å². The number of hydrogen-bond donors (Lipinski definition) is 1. The first-order valence-electron chi connectivity index (χ1n) is 5.40. The number of ether oxygens (including phenoxy) is 3.